The molecule has 2 nitrogen and oxygen atoms in total. The molecule has 0 aromatic heterocycles. The molecule has 0 saturated heterocycles. The van der Waals surface area contributed by atoms with Crippen LogP contribution in [0.1, 0.15) is 117 Å². The van der Waals surface area contributed by atoms with Crippen molar-refractivity contribution in [3.8, 4) is 0 Å². The molecule has 0 aromatic rings. The molecule has 1 fully saturated rings. The van der Waals surface area contributed by atoms with Crippen LogP contribution in [0.4, 0.5) is 0 Å². The second-order valence-corrected chi connectivity index (χ2v) is 8.96. The molecular formula is C22H44N2S. The van der Waals surface area contributed by atoms with E-state index in [9.17, 15) is 0 Å². The van der Waals surface area contributed by atoms with Crippen LogP contribution in [0.5, 0.6) is 0 Å². The minimum atomic E-state index is 0.835. The van der Waals surface area contributed by atoms with Gasteiger partial charge in [0, 0.05) is 24.8 Å². The van der Waals surface area contributed by atoms with Gasteiger partial charge in [-0.2, -0.15) is 0 Å². The van der Waals surface area contributed by atoms with Crippen LogP contribution < -0.4 is 0 Å². The molecule has 0 N–H and O–H groups in total. The number of amidine groups is 1. The van der Waals surface area contributed by atoms with Crippen molar-refractivity contribution >= 4 is 17.8 Å². The maximum Gasteiger partial charge on any atom is 0.109 e. The van der Waals surface area contributed by atoms with Gasteiger partial charge in [0.05, 0.1) is 0 Å². The molecule has 148 valence electrons. The van der Waals surface area contributed by atoms with Crippen molar-refractivity contribution in [1.82, 2.24) is 4.31 Å². The molecule has 0 heterocycles. The summed E-state index contributed by atoms with van der Waals surface area (Å²) in [6, 6.07) is 0. The summed E-state index contributed by atoms with van der Waals surface area (Å²) in [6.45, 7) is 9.12. The second-order valence-electron chi connectivity index (χ2n) is 7.64. The summed E-state index contributed by atoms with van der Waals surface area (Å²) in [5, 5.41) is 0.835. The summed E-state index contributed by atoms with van der Waals surface area (Å²) >= 11 is 2.14. The average molecular weight is 369 g/mol. The molecule has 0 aromatic carbocycles. The lowest BCUT2D eigenvalue weighted by molar-refractivity contribution is 0.502. The van der Waals surface area contributed by atoms with E-state index in [-0.39, 0.29) is 0 Å². The van der Waals surface area contributed by atoms with Gasteiger partial charge in [0.1, 0.15) is 5.84 Å². The molecule has 3 heteroatoms. The van der Waals surface area contributed by atoms with Gasteiger partial charge in [-0.05, 0) is 44.1 Å². The lowest BCUT2D eigenvalue weighted by Gasteiger charge is -2.31. The van der Waals surface area contributed by atoms with Crippen LogP contribution in [0.2, 0.25) is 0 Å². The standard InChI is InChI=1S/C22H44N2S/c1-4-7-9-14-19-23-22(16-6-3)24(20-15-10-8-5-2)25-21-17-12-11-13-18-21/h21H,4-20H2,1-3H3. The number of aliphatic imine (C=N–C) groups is 1. The van der Waals surface area contributed by atoms with Crippen LogP contribution in [-0.4, -0.2) is 28.5 Å². The third-order valence-corrected chi connectivity index (χ3v) is 6.53. The van der Waals surface area contributed by atoms with Gasteiger partial charge < -0.3 is 4.31 Å². The van der Waals surface area contributed by atoms with E-state index in [2.05, 4.69) is 37.0 Å². The Kier molecular flexibility index (Phi) is 14.7. The summed E-state index contributed by atoms with van der Waals surface area (Å²) in [7, 11) is 0. The maximum atomic E-state index is 5.07. The third-order valence-electron chi connectivity index (χ3n) is 5.11. The monoisotopic (exact) mass is 368 g/mol. The molecule has 1 aliphatic carbocycles. The van der Waals surface area contributed by atoms with Crippen molar-refractivity contribution < 1.29 is 0 Å². The van der Waals surface area contributed by atoms with Crippen LogP contribution >= 0.6 is 11.9 Å². The van der Waals surface area contributed by atoms with E-state index < -0.39 is 0 Å². The SMILES string of the molecule is CCCCCCN=C(CCC)N(CCCCCC)SC1CCCCC1. The molecule has 0 unspecified atom stereocenters. The summed E-state index contributed by atoms with van der Waals surface area (Å²) in [5.41, 5.74) is 0. The highest BCUT2D eigenvalue weighted by Crippen LogP contribution is 2.31. The maximum absolute atomic E-state index is 5.07. The Morgan fingerprint density at radius 2 is 1.52 bits per heavy atom. The predicted molar refractivity (Wildman–Crippen MR) is 117 cm³/mol. The van der Waals surface area contributed by atoms with Crippen molar-refractivity contribution in [2.75, 3.05) is 13.1 Å². The van der Waals surface area contributed by atoms with Crippen LogP contribution in [0, 0.1) is 0 Å². The fraction of sp³-hybridized carbons (Fsp3) is 0.955. The minimum Gasteiger partial charge on any atom is -0.304 e. The average Bonchev–Trinajstić information content (AvgIpc) is 2.64. The minimum absolute atomic E-state index is 0.835. The van der Waals surface area contributed by atoms with Crippen LogP contribution in [0.25, 0.3) is 0 Å². The first-order valence-electron chi connectivity index (χ1n) is 11.3. The Labute approximate surface area is 162 Å². The van der Waals surface area contributed by atoms with E-state index in [1.807, 2.05) is 0 Å². The van der Waals surface area contributed by atoms with Gasteiger partial charge in [0.25, 0.3) is 0 Å². The van der Waals surface area contributed by atoms with Gasteiger partial charge in [-0.1, -0.05) is 78.6 Å². The van der Waals surface area contributed by atoms with E-state index >= 15 is 0 Å². The Balaban J connectivity index is 2.59. The van der Waals surface area contributed by atoms with E-state index in [0.717, 1.165) is 18.2 Å². The Hall–Kier alpha value is -0.180. The van der Waals surface area contributed by atoms with Gasteiger partial charge >= 0.3 is 0 Å². The van der Waals surface area contributed by atoms with E-state index in [0.29, 0.717) is 0 Å². The van der Waals surface area contributed by atoms with Crippen LogP contribution in [-0.2, 0) is 0 Å². The molecule has 0 bridgehead atoms. The lowest BCUT2D eigenvalue weighted by atomic mass is 10.0. The normalized spacial score (nSPS) is 16.4. The number of unbranched alkanes of at least 4 members (excludes halogenated alkanes) is 6. The summed E-state index contributed by atoms with van der Waals surface area (Å²) in [5.74, 6) is 1.39. The largest absolute Gasteiger partial charge is 0.304 e. The van der Waals surface area contributed by atoms with Gasteiger partial charge in [-0.15, -0.1) is 0 Å². The highest BCUT2D eigenvalue weighted by molar-refractivity contribution is 7.98. The smallest absolute Gasteiger partial charge is 0.109 e. The molecule has 0 aliphatic heterocycles. The first-order chi connectivity index (χ1) is 12.3. The lowest BCUT2D eigenvalue weighted by Crippen LogP contribution is -2.29. The van der Waals surface area contributed by atoms with Crippen molar-refractivity contribution in [2.45, 2.75) is 122 Å². The van der Waals surface area contributed by atoms with E-state index in [4.69, 9.17) is 4.99 Å². The van der Waals surface area contributed by atoms with E-state index in [1.54, 1.807) is 0 Å². The summed E-state index contributed by atoms with van der Waals surface area (Å²) in [6.07, 6.45) is 20.2. The number of nitrogens with zero attached hydrogens (tertiary/aromatic N) is 2. The van der Waals surface area contributed by atoms with Crippen LogP contribution in [0.15, 0.2) is 4.99 Å². The topological polar surface area (TPSA) is 15.6 Å². The summed E-state index contributed by atoms with van der Waals surface area (Å²) in [4.78, 5) is 5.07. The zero-order chi connectivity index (χ0) is 18.2. The second kappa shape index (κ2) is 16.0. The van der Waals surface area contributed by atoms with Gasteiger partial charge in [0.15, 0.2) is 0 Å². The predicted octanol–water partition coefficient (Wildman–Crippen LogP) is 7.63. The first-order valence-corrected chi connectivity index (χ1v) is 12.1. The molecule has 1 rings (SSSR count). The molecule has 0 amide bonds. The fourth-order valence-electron chi connectivity index (χ4n) is 3.53. The van der Waals surface area contributed by atoms with Gasteiger partial charge in [0.2, 0.25) is 0 Å². The highest BCUT2D eigenvalue weighted by atomic mass is 32.2. The zero-order valence-electron chi connectivity index (χ0n) is 17.4. The molecular weight excluding hydrogens is 324 g/mol. The molecule has 0 radical (unpaired) electrons. The number of hydrogen-bond donors (Lipinski definition) is 0. The Morgan fingerprint density at radius 1 is 0.840 bits per heavy atom. The Bertz CT molecular complexity index is 324. The highest BCUT2D eigenvalue weighted by Gasteiger charge is 2.20. The molecule has 0 spiro atoms. The third kappa shape index (κ3) is 11.2. The number of hydrogen-bond acceptors (Lipinski definition) is 2. The fourth-order valence-corrected chi connectivity index (χ4v) is 4.94. The first kappa shape index (κ1) is 22.9. The van der Waals surface area contributed by atoms with Crippen molar-refractivity contribution in [3.63, 3.8) is 0 Å². The van der Waals surface area contributed by atoms with Crippen molar-refractivity contribution in [3.05, 3.63) is 0 Å². The summed E-state index contributed by atoms with van der Waals surface area (Å²) < 4.78 is 2.62. The van der Waals surface area contributed by atoms with Crippen molar-refractivity contribution in [2.24, 2.45) is 4.99 Å². The van der Waals surface area contributed by atoms with Crippen LogP contribution in [0.3, 0.4) is 0 Å². The molecule has 1 saturated carbocycles. The molecule has 0 atom stereocenters. The molecule has 1 aliphatic rings. The zero-order valence-corrected chi connectivity index (χ0v) is 18.2. The Morgan fingerprint density at radius 3 is 2.16 bits per heavy atom. The number of rotatable bonds is 14. The van der Waals surface area contributed by atoms with Gasteiger partial charge in [-0.3, -0.25) is 4.99 Å². The quantitative estimate of drug-likeness (QED) is 0.135. The van der Waals surface area contributed by atoms with Crippen molar-refractivity contribution in [1.29, 1.82) is 0 Å². The van der Waals surface area contributed by atoms with E-state index in [1.165, 1.54) is 102 Å². The van der Waals surface area contributed by atoms with Gasteiger partial charge in [-0.25, -0.2) is 0 Å². The molecule has 25 heavy (non-hydrogen) atoms.